The molecule has 0 aliphatic carbocycles. The second-order valence-electron chi connectivity index (χ2n) is 8.20. The number of carbonyl (C=O) groups excluding carboxylic acids is 1. The highest BCUT2D eigenvalue weighted by atomic mass is 16.2. The average molecular weight is 444 g/mol. The first kappa shape index (κ1) is 21.0. The summed E-state index contributed by atoms with van der Waals surface area (Å²) >= 11 is 0. The minimum atomic E-state index is -0.119. The smallest absolute Gasteiger partial charge is 0.266 e. The summed E-state index contributed by atoms with van der Waals surface area (Å²) in [7, 11) is 0. The van der Waals surface area contributed by atoms with E-state index in [2.05, 4.69) is 25.0 Å². The number of nitrogens with zero attached hydrogens (tertiary/aromatic N) is 6. The number of imidazole rings is 1. The first-order valence-corrected chi connectivity index (χ1v) is 11.0. The maximum Gasteiger partial charge on any atom is 0.266 e. The van der Waals surface area contributed by atoms with Crippen molar-refractivity contribution in [3.8, 4) is 11.3 Å². The molecule has 1 aliphatic rings. The molecule has 1 fully saturated rings. The zero-order chi connectivity index (χ0) is 22.8. The van der Waals surface area contributed by atoms with E-state index < -0.39 is 0 Å². The molecule has 4 aromatic rings. The Kier molecular flexibility index (Phi) is 5.70. The lowest BCUT2D eigenvalue weighted by molar-refractivity contribution is 0.0631. The number of aromatic nitrogens is 5. The number of pyridine rings is 1. The lowest BCUT2D eigenvalue weighted by Crippen LogP contribution is -2.49. The summed E-state index contributed by atoms with van der Waals surface area (Å²) in [5.74, 6) is 0.870. The first-order valence-electron chi connectivity index (χ1n) is 11.0. The van der Waals surface area contributed by atoms with Gasteiger partial charge in [-0.25, -0.2) is 9.67 Å². The van der Waals surface area contributed by atoms with Gasteiger partial charge in [-0.05, 0) is 43.3 Å². The SMILES string of the molecule is Cc1nc2ccc(C(=O)N3CCN(CCn4nc(-c5ccncc5)ccc4=O)CC3)cc2[nH]1. The topological polar surface area (TPSA) is 100 Å². The monoisotopic (exact) mass is 443 g/mol. The van der Waals surface area contributed by atoms with E-state index in [0.717, 1.165) is 41.2 Å². The van der Waals surface area contributed by atoms with Crippen molar-refractivity contribution in [3.63, 3.8) is 0 Å². The highest BCUT2D eigenvalue weighted by Gasteiger charge is 2.22. The maximum absolute atomic E-state index is 13.0. The van der Waals surface area contributed by atoms with Gasteiger partial charge in [-0.15, -0.1) is 0 Å². The zero-order valence-electron chi connectivity index (χ0n) is 18.4. The largest absolute Gasteiger partial charge is 0.342 e. The van der Waals surface area contributed by atoms with E-state index in [-0.39, 0.29) is 11.5 Å². The predicted octanol–water partition coefficient (Wildman–Crippen LogP) is 1.95. The number of aromatic amines is 1. The van der Waals surface area contributed by atoms with Gasteiger partial charge >= 0.3 is 0 Å². The van der Waals surface area contributed by atoms with Gasteiger partial charge in [-0.2, -0.15) is 5.10 Å². The van der Waals surface area contributed by atoms with Crippen molar-refractivity contribution in [1.29, 1.82) is 0 Å². The van der Waals surface area contributed by atoms with Crippen LogP contribution in [0.25, 0.3) is 22.3 Å². The summed E-state index contributed by atoms with van der Waals surface area (Å²) in [6.45, 7) is 5.93. The molecule has 0 saturated carbocycles. The van der Waals surface area contributed by atoms with Crippen molar-refractivity contribution in [3.05, 3.63) is 76.6 Å². The van der Waals surface area contributed by atoms with E-state index in [9.17, 15) is 9.59 Å². The van der Waals surface area contributed by atoms with E-state index in [1.807, 2.05) is 42.2 Å². The number of fused-ring (bicyclic) bond motifs is 1. The fraction of sp³-hybridized carbons (Fsp3) is 0.292. The van der Waals surface area contributed by atoms with Crippen LogP contribution in [0, 0.1) is 6.92 Å². The molecule has 1 aromatic carbocycles. The van der Waals surface area contributed by atoms with Crippen LogP contribution < -0.4 is 5.56 Å². The molecule has 1 amide bonds. The quantitative estimate of drug-likeness (QED) is 0.506. The third kappa shape index (κ3) is 4.54. The first-order chi connectivity index (χ1) is 16.1. The molecule has 1 saturated heterocycles. The molecule has 4 heterocycles. The van der Waals surface area contributed by atoms with Crippen LogP contribution in [0.5, 0.6) is 0 Å². The summed E-state index contributed by atoms with van der Waals surface area (Å²) in [4.78, 5) is 41.0. The molecule has 5 rings (SSSR count). The van der Waals surface area contributed by atoms with Gasteiger partial charge < -0.3 is 9.88 Å². The molecule has 1 N–H and O–H groups in total. The van der Waals surface area contributed by atoms with Crippen LogP contribution in [-0.2, 0) is 6.54 Å². The zero-order valence-corrected chi connectivity index (χ0v) is 18.4. The molecule has 9 heteroatoms. The van der Waals surface area contributed by atoms with Crippen LogP contribution >= 0.6 is 0 Å². The number of H-pyrrole nitrogens is 1. The van der Waals surface area contributed by atoms with Crippen molar-refractivity contribution in [2.45, 2.75) is 13.5 Å². The average Bonchev–Trinajstić information content (AvgIpc) is 3.23. The van der Waals surface area contributed by atoms with Gasteiger partial charge in [0.2, 0.25) is 0 Å². The Hall–Kier alpha value is -3.85. The van der Waals surface area contributed by atoms with Crippen LogP contribution in [0.15, 0.2) is 59.7 Å². The fourth-order valence-electron chi connectivity index (χ4n) is 4.15. The molecule has 9 nitrogen and oxygen atoms in total. The normalized spacial score (nSPS) is 14.6. The molecule has 0 bridgehead atoms. The third-order valence-corrected chi connectivity index (χ3v) is 5.98. The third-order valence-electron chi connectivity index (χ3n) is 5.98. The van der Waals surface area contributed by atoms with Gasteiger partial charge in [-0.1, -0.05) is 0 Å². The van der Waals surface area contributed by atoms with Crippen LogP contribution in [0.4, 0.5) is 0 Å². The summed E-state index contributed by atoms with van der Waals surface area (Å²) in [6.07, 6.45) is 3.42. The van der Waals surface area contributed by atoms with Crippen molar-refractivity contribution < 1.29 is 4.79 Å². The molecule has 33 heavy (non-hydrogen) atoms. The number of piperazine rings is 1. The van der Waals surface area contributed by atoms with Gasteiger partial charge in [0.1, 0.15) is 5.82 Å². The van der Waals surface area contributed by atoms with Crippen LogP contribution in [-0.4, -0.2) is 73.2 Å². The van der Waals surface area contributed by atoms with E-state index in [1.165, 1.54) is 4.68 Å². The Labute approximate surface area is 190 Å². The van der Waals surface area contributed by atoms with Gasteiger partial charge in [0.15, 0.2) is 0 Å². The van der Waals surface area contributed by atoms with Crippen molar-refractivity contribution in [2.75, 3.05) is 32.7 Å². The lowest BCUT2D eigenvalue weighted by Gasteiger charge is -2.34. The number of nitrogens with one attached hydrogen (secondary N) is 1. The summed E-state index contributed by atoms with van der Waals surface area (Å²) in [5.41, 5.74) is 3.97. The minimum absolute atomic E-state index is 0.0340. The second-order valence-corrected chi connectivity index (χ2v) is 8.20. The molecule has 0 radical (unpaired) electrons. The van der Waals surface area contributed by atoms with Gasteiger partial charge in [0.05, 0.1) is 23.3 Å². The van der Waals surface area contributed by atoms with Crippen LogP contribution in [0.3, 0.4) is 0 Å². The van der Waals surface area contributed by atoms with E-state index >= 15 is 0 Å². The number of hydrogen-bond donors (Lipinski definition) is 1. The van der Waals surface area contributed by atoms with Gasteiger partial charge in [0, 0.05) is 62.3 Å². The number of aryl methyl sites for hydroxylation is 1. The molecular formula is C24H25N7O2. The van der Waals surface area contributed by atoms with Crippen molar-refractivity contribution in [2.24, 2.45) is 0 Å². The van der Waals surface area contributed by atoms with E-state index in [4.69, 9.17) is 0 Å². The van der Waals surface area contributed by atoms with Crippen molar-refractivity contribution >= 4 is 16.9 Å². The Morgan fingerprint density at radius 2 is 1.79 bits per heavy atom. The molecular weight excluding hydrogens is 418 g/mol. The number of rotatable bonds is 5. The minimum Gasteiger partial charge on any atom is -0.342 e. The van der Waals surface area contributed by atoms with E-state index in [1.54, 1.807) is 24.5 Å². The summed E-state index contributed by atoms with van der Waals surface area (Å²) in [6, 6.07) is 12.6. The van der Waals surface area contributed by atoms with Crippen LogP contribution in [0.2, 0.25) is 0 Å². The van der Waals surface area contributed by atoms with Gasteiger partial charge in [0.25, 0.3) is 11.5 Å². The summed E-state index contributed by atoms with van der Waals surface area (Å²) < 4.78 is 1.51. The second kappa shape index (κ2) is 8.95. The Bertz CT molecular complexity index is 1340. The number of benzene rings is 1. The van der Waals surface area contributed by atoms with Gasteiger partial charge in [-0.3, -0.25) is 19.5 Å². The molecule has 168 valence electrons. The molecule has 0 atom stereocenters. The lowest BCUT2D eigenvalue weighted by atomic mass is 10.1. The molecule has 0 spiro atoms. The maximum atomic E-state index is 13.0. The molecule has 0 unspecified atom stereocenters. The number of carbonyl (C=O) groups is 1. The highest BCUT2D eigenvalue weighted by Crippen LogP contribution is 2.16. The fourth-order valence-corrected chi connectivity index (χ4v) is 4.15. The summed E-state index contributed by atoms with van der Waals surface area (Å²) in [5, 5.41) is 4.51. The van der Waals surface area contributed by atoms with Crippen molar-refractivity contribution in [1.82, 2.24) is 34.5 Å². The Balaban J connectivity index is 1.19. The highest BCUT2D eigenvalue weighted by molar-refractivity contribution is 5.97. The molecule has 1 aliphatic heterocycles. The molecule has 3 aromatic heterocycles. The number of hydrogen-bond acceptors (Lipinski definition) is 6. The Morgan fingerprint density at radius 3 is 2.58 bits per heavy atom. The Morgan fingerprint density at radius 1 is 1.00 bits per heavy atom. The predicted molar refractivity (Wildman–Crippen MR) is 125 cm³/mol. The van der Waals surface area contributed by atoms with Crippen LogP contribution in [0.1, 0.15) is 16.2 Å². The van der Waals surface area contributed by atoms with E-state index in [0.29, 0.717) is 31.7 Å². The standard InChI is InChI=1S/C24H25N7O2/c1-17-26-21-3-2-19(16-22(21)27-17)24(33)30-13-10-29(11-14-30)12-15-31-23(32)5-4-20(28-31)18-6-8-25-9-7-18/h2-9,16H,10-15H2,1H3,(H,26,27). The number of amides is 1.